The van der Waals surface area contributed by atoms with Gasteiger partial charge >= 0.3 is 0 Å². The first-order valence-corrected chi connectivity index (χ1v) is 9.95. The summed E-state index contributed by atoms with van der Waals surface area (Å²) in [6, 6.07) is 13.9. The van der Waals surface area contributed by atoms with Gasteiger partial charge in [-0.05, 0) is 65.7 Å². The Morgan fingerprint density at radius 2 is 1.93 bits per heavy atom. The molecule has 136 valence electrons. The second-order valence-electron chi connectivity index (χ2n) is 5.94. The molecule has 0 radical (unpaired) electrons. The highest BCUT2D eigenvalue weighted by molar-refractivity contribution is 9.10. The Morgan fingerprint density at radius 1 is 1.04 bits per heavy atom. The molecule has 0 aliphatic heterocycles. The molecule has 0 fully saturated rings. The summed E-state index contributed by atoms with van der Waals surface area (Å²) in [7, 11) is 0. The predicted octanol–water partition coefficient (Wildman–Crippen LogP) is 4.38. The summed E-state index contributed by atoms with van der Waals surface area (Å²) >= 11 is 4.89. The van der Waals surface area contributed by atoms with E-state index in [9.17, 15) is 0 Å². The van der Waals surface area contributed by atoms with Crippen LogP contribution in [0, 0.1) is 13.8 Å². The van der Waals surface area contributed by atoms with Crippen molar-refractivity contribution in [3.63, 3.8) is 0 Å². The average Bonchev–Trinajstić information content (AvgIpc) is 3.31. The fourth-order valence-corrected chi connectivity index (χ4v) is 3.59. The predicted molar refractivity (Wildman–Crippen MR) is 106 cm³/mol. The molecule has 0 unspecified atom stereocenters. The lowest BCUT2D eigenvalue weighted by Gasteiger charge is -2.06. The van der Waals surface area contributed by atoms with E-state index in [1.54, 1.807) is 4.68 Å². The number of aryl methyl sites for hydroxylation is 2. The summed E-state index contributed by atoms with van der Waals surface area (Å²) < 4.78 is 8.43. The van der Waals surface area contributed by atoms with Gasteiger partial charge in [-0.3, -0.25) is 0 Å². The number of hydrogen-bond acceptors (Lipinski definition) is 7. The zero-order valence-electron chi connectivity index (χ0n) is 14.6. The highest BCUT2D eigenvalue weighted by Crippen LogP contribution is 2.26. The first-order valence-electron chi connectivity index (χ1n) is 8.17. The quantitative estimate of drug-likeness (QED) is 0.423. The molecular weight excluding hydrogens is 428 g/mol. The highest BCUT2D eigenvalue weighted by atomic mass is 79.9. The fraction of sp³-hybridized carbons (Fsp3) is 0.167. The lowest BCUT2D eigenvalue weighted by Crippen LogP contribution is -2.00. The van der Waals surface area contributed by atoms with Crippen LogP contribution in [0.4, 0.5) is 0 Å². The molecule has 0 N–H and O–H groups in total. The van der Waals surface area contributed by atoms with E-state index in [0.29, 0.717) is 22.7 Å². The summed E-state index contributed by atoms with van der Waals surface area (Å²) in [4.78, 5) is 0. The minimum atomic E-state index is 0.478. The van der Waals surface area contributed by atoms with Gasteiger partial charge in [0.1, 0.15) is 0 Å². The number of hydrogen-bond donors (Lipinski definition) is 0. The van der Waals surface area contributed by atoms with E-state index in [-0.39, 0.29) is 0 Å². The van der Waals surface area contributed by atoms with Gasteiger partial charge in [0.25, 0.3) is 0 Å². The summed E-state index contributed by atoms with van der Waals surface area (Å²) in [5.74, 6) is 1.48. The van der Waals surface area contributed by atoms with Crippen LogP contribution < -0.4 is 0 Å². The number of rotatable bonds is 5. The molecule has 0 bridgehead atoms. The van der Waals surface area contributed by atoms with Gasteiger partial charge in [0.05, 0.1) is 11.4 Å². The van der Waals surface area contributed by atoms with E-state index in [1.165, 1.54) is 22.9 Å². The standard InChI is InChI=1S/C18H15BrN6OS/c1-11-6-7-15(8-12(11)2)25-18(22-23-24-25)27-10-16-20-21-17(26-16)13-4-3-5-14(19)9-13/h3-9H,10H2,1-2H3. The van der Waals surface area contributed by atoms with E-state index in [2.05, 4.69) is 67.6 Å². The zero-order valence-corrected chi connectivity index (χ0v) is 17.0. The first kappa shape index (κ1) is 17.9. The molecule has 9 heteroatoms. The Kier molecular flexibility index (Phi) is 5.04. The van der Waals surface area contributed by atoms with E-state index >= 15 is 0 Å². The van der Waals surface area contributed by atoms with Gasteiger partial charge in [-0.15, -0.1) is 15.3 Å². The summed E-state index contributed by atoms with van der Waals surface area (Å²) in [6.07, 6.45) is 0. The van der Waals surface area contributed by atoms with E-state index in [1.807, 2.05) is 30.3 Å². The maximum absolute atomic E-state index is 5.76. The van der Waals surface area contributed by atoms with Crippen LogP contribution in [0.2, 0.25) is 0 Å². The molecule has 4 aromatic rings. The molecule has 4 rings (SSSR count). The average molecular weight is 443 g/mol. The monoisotopic (exact) mass is 442 g/mol. The molecule has 0 spiro atoms. The van der Waals surface area contributed by atoms with Crippen molar-refractivity contribution in [3.8, 4) is 17.1 Å². The van der Waals surface area contributed by atoms with Gasteiger partial charge < -0.3 is 4.42 Å². The number of thioether (sulfide) groups is 1. The minimum Gasteiger partial charge on any atom is -0.420 e. The first-order chi connectivity index (χ1) is 13.1. The molecule has 0 aliphatic carbocycles. The van der Waals surface area contributed by atoms with E-state index < -0.39 is 0 Å². The van der Waals surface area contributed by atoms with Gasteiger partial charge in [0.2, 0.25) is 16.9 Å². The highest BCUT2D eigenvalue weighted by Gasteiger charge is 2.14. The summed E-state index contributed by atoms with van der Waals surface area (Å²) in [5, 5.41) is 20.9. The molecular formula is C18H15BrN6OS. The van der Waals surface area contributed by atoms with Gasteiger partial charge in [-0.25, -0.2) is 0 Å². The van der Waals surface area contributed by atoms with Crippen LogP contribution in [-0.2, 0) is 5.75 Å². The van der Waals surface area contributed by atoms with Crippen molar-refractivity contribution in [2.75, 3.05) is 0 Å². The van der Waals surface area contributed by atoms with Crippen molar-refractivity contribution < 1.29 is 4.42 Å². The van der Waals surface area contributed by atoms with Gasteiger partial charge in [-0.1, -0.05) is 39.8 Å². The van der Waals surface area contributed by atoms with Gasteiger partial charge in [-0.2, -0.15) is 4.68 Å². The van der Waals surface area contributed by atoms with Crippen LogP contribution in [0.15, 0.2) is 56.5 Å². The van der Waals surface area contributed by atoms with Crippen LogP contribution in [0.3, 0.4) is 0 Å². The van der Waals surface area contributed by atoms with Crippen molar-refractivity contribution in [3.05, 3.63) is 64.0 Å². The van der Waals surface area contributed by atoms with E-state index in [0.717, 1.165) is 15.7 Å². The molecule has 2 heterocycles. The molecule has 2 aromatic heterocycles. The Bertz CT molecular complexity index is 1090. The van der Waals surface area contributed by atoms with Crippen molar-refractivity contribution in [2.24, 2.45) is 0 Å². The van der Waals surface area contributed by atoms with Gasteiger partial charge in [0, 0.05) is 10.0 Å². The molecule has 0 saturated carbocycles. The molecule has 0 atom stereocenters. The number of halogens is 1. The number of tetrazole rings is 1. The topological polar surface area (TPSA) is 82.5 Å². The SMILES string of the molecule is Cc1ccc(-n2nnnc2SCc2nnc(-c3cccc(Br)c3)o2)cc1C. The second-order valence-corrected chi connectivity index (χ2v) is 7.80. The van der Waals surface area contributed by atoms with Crippen LogP contribution in [0.5, 0.6) is 0 Å². The normalized spacial score (nSPS) is 11.1. The van der Waals surface area contributed by atoms with Crippen LogP contribution in [-0.4, -0.2) is 30.4 Å². The third kappa shape index (κ3) is 3.93. The van der Waals surface area contributed by atoms with Crippen molar-refractivity contribution >= 4 is 27.7 Å². The third-order valence-electron chi connectivity index (χ3n) is 4.04. The molecule has 7 nitrogen and oxygen atoms in total. The third-order valence-corrected chi connectivity index (χ3v) is 5.44. The van der Waals surface area contributed by atoms with Crippen LogP contribution in [0.25, 0.3) is 17.1 Å². The van der Waals surface area contributed by atoms with Crippen LogP contribution >= 0.6 is 27.7 Å². The number of benzene rings is 2. The lowest BCUT2D eigenvalue weighted by molar-refractivity contribution is 0.528. The molecule has 0 aliphatic rings. The number of aromatic nitrogens is 6. The molecule has 2 aromatic carbocycles. The van der Waals surface area contributed by atoms with Crippen molar-refractivity contribution in [1.82, 2.24) is 30.4 Å². The van der Waals surface area contributed by atoms with Crippen molar-refractivity contribution in [2.45, 2.75) is 24.8 Å². The fourth-order valence-electron chi connectivity index (χ4n) is 2.46. The van der Waals surface area contributed by atoms with E-state index in [4.69, 9.17) is 4.42 Å². The van der Waals surface area contributed by atoms with Gasteiger partial charge in [0.15, 0.2) is 0 Å². The second kappa shape index (κ2) is 7.61. The lowest BCUT2D eigenvalue weighted by atomic mass is 10.1. The van der Waals surface area contributed by atoms with Crippen LogP contribution in [0.1, 0.15) is 17.0 Å². The Hall–Kier alpha value is -2.52. The maximum Gasteiger partial charge on any atom is 0.247 e. The molecule has 0 saturated heterocycles. The zero-order chi connectivity index (χ0) is 18.8. The Balaban J connectivity index is 1.50. The van der Waals surface area contributed by atoms with Crippen molar-refractivity contribution in [1.29, 1.82) is 0 Å². The minimum absolute atomic E-state index is 0.478. The maximum atomic E-state index is 5.76. The summed E-state index contributed by atoms with van der Waals surface area (Å²) in [5.41, 5.74) is 4.21. The molecule has 0 amide bonds. The Morgan fingerprint density at radius 3 is 2.74 bits per heavy atom. The smallest absolute Gasteiger partial charge is 0.247 e. The number of nitrogens with zero attached hydrogens (tertiary/aromatic N) is 6. The molecule has 27 heavy (non-hydrogen) atoms. The largest absolute Gasteiger partial charge is 0.420 e. The Labute approximate surface area is 168 Å². The summed E-state index contributed by atoms with van der Waals surface area (Å²) in [6.45, 7) is 4.14.